The summed E-state index contributed by atoms with van der Waals surface area (Å²) in [6.07, 6.45) is 0. The Balaban J connectivity index is 2.70. The van der Waals surface area contributed by atoms with Gasteiger partial charge in [-0.1, -0.05) is 46.8 Å². The highest BCUT2D eigenvalue weighted by molar-refractivity contribution is 5.80. The lowest BCUT2D eigenvalue weighted by Crippen LogP contribution is -2.46. The molecule has 1 aromatic carbocycles. The van der Waals surface area contributed by atoms with Gasteiger partial charge in [-0.25, -0.2) is 0 Å². The molecule has 2 rings (SSSR count). The second kappa shape index (κ2) is 6.17. The summed E-state index contributed by atoms with van der Waals surface area (Å²) in [4.78, 5) is 0. The van der Waals surface area contributed by atoms with Gasteiger partial charge in [0.1, 0.15) is 0 Å². The first-order valence-corrected chi connectivity index (χ1v) is 8.28. The van der Waals surface area contributed by atoms with E-state index in [1.54, 1.807) is 0 Å². The molecule has 2 aromatic rings. The Hall–Kier alpha value is -1.37. The second-order valence-electron chi connectivity index (χ2n) is 7.13. The van der Waals surface area contributed by atoms with E-state index in [4.69, 9.17) is 0 Å². The first-order valence-electron chi connectivity index (χ1n) is 8.28. The van der Waals surface area contributed by atoms with Gasteiger partial charge in [0.25, 0.3) is 0 Å². The van der Waals surface area contributed by atoms with Crippen LogP contribution in [0.25, 0.3) is 10.9 Å². The molecule has 0 aliphatic carbocycles. The Bertz CT molecular complexity index is 625. The number of para-hydroxylation sites is 1. The van der Waals surface area contributed by atoms with E-state index in [-0.39, 0.29) is 0 Å². The van der Waals surface area contributed by atoms with Crippen molar-refractivity contribution < 1.29 is 4.57 Å². The van der Waals surface area contributed by atoms with Gasteiger partial charge in [-0.2, -0.15) is 4.57 Å². The van der Waals surface area contributed by atoms with Gasteiger partial charge in [0.05, 0.1) is 0 Å². The molecule has 0 N–H and O–H groups in total. The maximum Gasteiger partial charge on any atom is 0.213 e. The molecule has 0 fully saturated rings. The van der Waals surface area contributed by atoms with Crippen molar-refractivity contribution in [3.05, 3.63) is 41.6 Å². The predicted molar refractivity (Wildman–Crippen MR) is 91.7 cm³/mol. The first kappa shape index (κ1) is 16.0. The molecule has 0 radical (unpaired) electrons. The van der Waals surface area contributed by atoms with Crippen molar-refractivity contribution in [3.63, 3.8) is 0 Å². The van der Waals surface area contributed by atoms with Crippen LogP contribution < -0.4 is 4.57 Å². The van der Waals surface area contributed by atoms with E-state index < -0.39 is 0 Å². The molecular weight excluding hydrogens is 254 g/mol. The van der Waals surface area contributed by atoms with Crippen LogP contribution in [0.3, 0.4) is 0 Å². The number of aryl methyl sites for hydroxylation is 1. The summed E-state index contributed by atoms with van der Waals surface area (Å²) < 4.78 is 2.53. The third-order valence-corrected chi connectivity index (χ3v) is 5.06. The summed E-state index contributed by atoms with van der Waals surface area (Å²) in [7, 11) is 0. The summed E-state index contributed by atoms with van der Waals surface area (Å²) >= 11 is 0. The van der Waals surface area contributed by atoms with E-state index in [1.165, 1.54) is 22.2 Å². The SMILES string of the molecule is Cc1cc(C(C)C)c2ccccc2[n+]1C(C)C(C)C(C)C. The van der Waals surface area contributed by atoms with Crippen LogP contribution in [-0.4, -0.2) is 0 Å². The van der Waals surface area contributed by atoms with Crippen LogP contribution in [0.1, 0.15) is 64.8 Å². The molecule has 0 aliphatic rings. The predicted octanol–water partition coefficient (Wildman–Crippen LogP) is 5.41. The summed E-state index contributed by atoms with van der Waals surface area (Å²) in [6.45, 7) is 16.2. The zero-order valence-electron chi connectivity index (χ0n) is 14.6. The minimum absolute atomic E-state index is 0.510. The largest absolute Gasteiger partial charge is 0.213 e. The lowest BCUT2D eigenvalue weighted by molar-refractivity contribution is -0.708. The Labute approximate surface area is 130 Å². The molecule has 0 amide bonds. The van der Waals surface area contributed by atoms with Gasteiger partial charge < -0.3 is 0 Å². The number of hydrogen-bond donors (Lipinski definition) is 0. The fourth-order valence-corrected chi connectivity index (χ4v) is 3.30. The molecule has 0 spiro atoms. The van der Waals surface area contributed by atoms with Gasteiger partial charge in [-0.05, 0) is 30.4 Å². The number of rotatable bonds is 4. The van der Waals surface area contributed by atoms with E-state index in [0.29, 0.717) is 23.8 Å². The van der Waals surface area contributed by atoms with Gasteiger partial charge in [-0.15, -0.1) is 0 Å². The number of nitrogens with zero attached hydrogens (tertiary/aromatic N) is 1. The maximum atomic E-state index is 2.53. The standard InChI is InChI=1S/C20H30N/c1-13(2)16(6)17(7)21-15(5)12-19(14(3)4)18-10-8-9-11-20(18)21/h8-14,16-17H,1-7H3/q+1. The quantitative estimate of drug-likeness (QED) is 0.661. The van der Waals surface area contributed by atoms with Crippen molar-refractivity contribution in [1.29, 1.82) is 0 Å². The minimum atomic E-state index is 0.510. The van der Waals surface area contributed by atoms with Crippen molar-refractivity contribution in [2.75, 3.05) is 0 Å². The van der Waals surface area contributed by atoms with Gasteiger partial charge in [0, 0.05) is 30.4 Å². The zero-order valence-corrected chi connectivity index (χ0v) is 14.6. The number of pyridine rings is 1. The van der Waals surface area contributed by atoms with Crippen LogP contribution in [0.4, 0.5) is 0 Å². The molecule has 0 bridgehead atoms. The van der Waals surface area contributed by atoms with E-state index in [2.05, 4.69) is 83.4 Å². The van der Waals surface area contributed by atoms with E-state index in [0.717, 1.165) is 0 Å². The Morgan fingerprint density at radius 3 is 2.10 bits per heavy atom. The minimum Gasteiger partial charge on any atom is -0.193 e. The van der Waals surface area contributed by atoms with Gasteiger partial charge in [-0.3, -0.25) is 0 Å². The Morgan fingerprint density at radius 1 is 0.905 bits per heavy atom. The van der Waals surface area contributed by atoms with Crippen LogP contribution in [0.2, 0.25) is 0 Å². The number of benzene rings is 1. The second-order valence-corrected chi connectivity index (χ2v) is 7.13. The molecule has 1 nitrogen and oxygen atoms in total. The average Bonchev–Trinajstić information content (AvgIpc) is 2.44. The zero-order chi connectivity index (χ0) is 15.7. The Morgan fingerprint density at radius 2 is 1.52 bits per heavy atom. The van der Waals surface area contributed by atoms with Crippen molar-refractivity contribution >= 4 is 10.9 Å². The van der Waals surface area contributed by atoms with E-state index >= 15 is 0 Å². The Kier molecular flexibility index (Phi) is 4.70. The molecule has 2 atom stereocenters. The lowest BCUT2D eigenvalue weighted by Gasteiger charge is -2.22. The topological polar surface area (TPSA) is 3.88 Å². The molecule has 0 aliphatic heterocycles. The average molecular weight is 284 g/mol. The highest BCUT2D eigenvalue weighted by Gasteiger charge is 2.28. The van der Waals surface area contributed by atoms with Gasteiger partial charge >= 0.3 is 0 Å². The summed E-state index contributed by atoms with van der Waals surface area (Å²) in [5, 5.41) is 1.40. The molecule has 0 saturated heterocycles. The third-order valence-electron chi connectivity index (χ3n) is 5.06. The van der Waals surface area contributed by atoms with Crippen LogP contribution in [0.5, 0.6) is 0 Å². The molecule has 1 aromatic heterocycles. The molecular formula is C20H30N+. The fraction of sp³-hybridized carbons (Fsp3) is 0.550. The van der Waals surface area contributed by atoms with E-state index in [9.17, 15) is 0 Å². The van der Waals surface area contributed by atoms with Crippen molar-refractivity contribution in [2.45, 2.75) is 60.4 Å². The van der Waals surface area contributed by atoms with E-state index in [1.807, 2.05) is 0 Å². The molecule has 2 unspecified atom stereocenters. The van der Waals surface area contributed by atoms with Gasteiger partial charge in [0.2, 0.25) is 5.52 Å². The highest BCUT2D eigenvalue weighted by atomic mass is 15.0. The first-order chi connectivity index (χ1) is 9.84. The summed E-state index contributed by atoms with van der Waals surface area (Å²) in [5.74, 6) is 1.90. The van der Waals surface area contributed by atoms with Crippen LogP contribution in [-0.2, 0) is 0 Å². The van der Waals surface area contributed by atoms with Crippen LogP contribution in [0.15, 0.2) is 30.3 Å². The normalized spacial score (nSPS) is 14.9. The lowest BCUT2D eigenvalue weighted by atomic mass is 9.89. The summed E-state index contributed by atoms with van der Waals surface area (Å²) in [5.41, 5.74) is 4.21. The molecule has 21 heavy (non-hydrogen) atoms. The monoisotopic (exact) mass is 284 g/mol. The highest BCUT2D eigenvalue weighted by Crippen LogP contribution is 2.28. The molecule has 0 saturated carbocycles. The maximum absolute atomic E-state index is 2.53. The van der Waals surface area contributed by atoms with Crippen molar-refractivity contribution in [2.24, 2.45) is 11.8 Å². The molecule has 1 heterocycles. The van der Waals surface area contributed by atoms with Crippen LogP contribution in [0, 0.1) is 18.8 Å². The number of hydrogen-bond acceptors (Lipinski definition) is 0. The number of fused-ring (bicyclic) bond motifs is 1. The molecule has 1 heteroatoms. The smallest absolute Gasteiger partial charge is 0.193 e. The van der Waals surface area contributed by atoms with Crippen LogP contribution >= 0.6 is 0 Å². The van der Waals surface area contributed by atoms with Crippen molar-refractivity contribution in [3.8, 4) is 0 Å². The third kappa shape index (κ3) is 2.97. The van der Waals surface area contributed by atoms with Crippen molar-refractivity contribution in [1.82, 2.24) is 0 Å². The number of aromatic nitrogens is 1. The molecule has 114 valence electrons. The van der Waals surface area contributed by atoms with Gasteiger partial charge in [0.15, 0.2) is 11.7 Å². The summed E-state index contributed by atoms with van der Waals surface area (Å²) in [6, 6.07) is 11.8. The fourth-order valence-electron chi connectivity index (χ4n) is 3.30.